The molecule has 1 heterocycles. The van der Waals surface area contributed by atoms with Crippen LogP contribution in [-0.2, 0) is 14.8 Å². The van der Waals surface area contributed by atoms with Crippen LogP contribution in [0.3, 0.4) is 0 Å². The zero-order valence-corrected chi connectivity index (χ0v) is 15.9. The minimum Gasteiger partial charge on any atom is -0.496 e. The molecule has 1 fully saturated rings. The summed E-state index contributed by atoms with van der Waals surface area (Å²) in [6.07, 6.45) is 1.34. The van der Waals surface area contributed by atoms with Gasteiger partial charge in [0.15, 0.2) is 0 Å². The van der Waals surface area contributed by atoms with Gasteiger partial charge in [0.25, 0.3) is 0 Å². The lowest BCUT2D eigenvalue weighted by molar-refractivity contribution is -0.126. The zero-order chi connectivity index (χ0) is 18.6. The second-order valence-electron chi connectivity index (χ2n) is 6.37. The van der Waals surface area contributed by atoms with E-state index in [1.807, 2.05) is 13.8 Å². The minimum absolute atomic E-state index is 0.132. The summed E-state index contributed by atoms with van der Waals surface area (Å²) in [5.41, 5.74) is 6.95. The highest BCUT2D eigenvalue weighted by molar-refractivity contribution is 7.89. The summed E-state index contributed by atoms with van der Waals surface area (Å²) in [7, 11) is -2.08. The van der Waals surface area contributed by atoms with Gasteiger partial charge in [-0.2, -0.15) is 4.31 Å². The lowest BCUT2D eigenvalue weighted by atomic mass is 9.99. The number of carbonyl (C=O) groups is 1. The number of hydrogen-bond acceptors (Lipinski definition) is 5. The Balaban J connectivity index is 2.23. The van der Waals surface area contributed by atoms with Gasteiger partial charge in [0, 0.05) is 26.2 Å². The van der Waals surface area contributed by atoms with Crippen LogP contribution >= 0.6 is 0 Å². The topological polar surface area (TPSA) is 102 Å². The van der Waals surface area contributed by atoms with Gasteiger partial charge in [0.05, 0.1) is 17.9 Å². The van der Waals surface area contributed by atoms with Gasteiger partial charge in [0.1, 0.15) is 5.75 Å². The highest BCUT2D eigenvalue weighted by Crippen LogP contribution is 2.30. The van der Waals surface area contributed by atoms with Crippen molar-refractivity contribution in [1.82, 2.24) is 9.62 Å². The lowest BCUT2D eigenvalue weighted by Crippen LogP contribution is -2.46. The van der Waals surface area contributed by atoms with Crippen molar-refractivity contribution in [3.63, 3.8) is 0 Å². The van der Waals surface area contributed by atoms with Crippen molar-refractivity contribution < 1.29 is 17.9 Å². The first-order valence-corrected chi connectivity index (χ1v) is 9.88. The number of sulfonamides is 1. The van der Waals surface area contributed by atoms with Crippen molar-refractivity contribution in [1.29, 1.82) is 0 Å². The van der Waals surface area contributed by atoms with Crippen molar-refractivity contribution in [2.24, 2.45) is 11.7 Å². The first-order chi connectivity index (χ1) is 11.8. The molecule has 1 aliphatic heterocycles. The fourth-order valence-electron chi connectivity index (χ4n) is 3.24. The predicted octanol–water partition coefficient (Wildman–Crippen LogP) is 0.788. The molecule has 1 atom stereocenters. The van der Waals surface area contributed by atoms with Crippen LogP contribution in [0.15, 0.2) is 17.0 Å². The lowest BCUT2D eigenvalue weighted by Gasteiger charge is -2.31. The first-order valence-electron chi connectivity index (χ1n) is 8.44. The summed E-state index contributed by atoms with van der Waals surface area (Å²) >= 11 is 0. The number of ether oxygens (including phenoxy) is 1. The van der Waals surface area contributed by atoms with Gasteiger partial charge < -0.3 is 15.8 Å². The quantitative estimate of drug-likeness (QED) is 0.772. The monoisotopic (exact) mass is 369 g/mol. The number of amides is 1. The predicted molar refractivity (Wildman–Crippen MR) is 96.0 cm³/mol. The molecule has 1 amide bonds. The van der Waals surface area contributed by atoms with E-state index in [0.717, 1.165) is 11.1 Å². The Hall–Kier alpha value is -1.64. The van der Waals surface area contributed by atoms with Crippen LogP contribution in [0, 0.1) is 19.8 Å². The summed E-state index contributed by atoms with van der Waals surface area (Å²) < 4.78 is 32.7. The van der Waals surface area contributed by atoms with E-state index >= 15 is 0 Å². The van der Waals surface area contributed by atoms with Crippen molar-refractivity contribution in [2.45, 2.75) is 31.6 Å². The summed E-state index contributed by atoms with van der Waals surface area (Å²) in [6.45, 7) is 5.04. The van der Waals surface area contributed by atoms with E-state index in [4.69, 9.17) is 10.5 Å². The maximum atomic E-state index is 13.0. The van der Waals surface area contributed by atoms with E-state index in [1.54, 1.807) is 19.2 Å². The molecule has 0 aliphatic carbocycles. The Kier molecular flexibility index (Phi) is 6.42. The van der Waals surface area contributed by atoms with E-state index in [2.05, 4.69) is 5.32 Å². The van der Waals surface area contributed by atoms with Crippen LogP contribution in [0.5, 0.6) is 5.75 Å². The Morgan fingerprint density at radius 2 is 2.00 bits per heavy atom. The smallest absolute Gasteiger partial charge is 0.243 e. The van der Waals surface area contributed by atoms with Gasteiger partial charge in [0.2, 0.25) is 15.9 Å². The van der Waals surface area contributed by atoms with Crippen LogP contribution in [0.25, 0.3) is 0 Å². The maximum Gasteiger partial charge on any atom is 0.243 e. The molecular formula is C17H27N3O4S. The molecule has 7 nitrogen and oxygen atoms in total. The van der Waals surface area contributed by atoms with Crippen LogP contribution in [0.4, 0.5) is 0 Å². The number of hydrogen-bond donors (Lipinski definition) is 2. The van der Waals surface area contributed by atoms with E-state index in [0.29, 0.717) is 38.2 Å². The summed E-state index contributed by atoms with van der Waals surface area (Å²) in [6, 6.07) is 3.25. The van der Waals surface area contributed by atoms with E-state index in [9.17, 15) is 13.2 Å². The number of benzene rings is 1. The SMILES string of the molecule is COc1c(C)cc(S(=O)(=O)N2CCCC(C(=O)NCCN)C2)cc1C. The Morgan fingerprint density at radius 1 is 1.36 bits per heavy atom. The van der Waals surface area contributed by atoms with Gasteiger partial charge in [-0.25, -0.2) is 8.42 Å². The van der Waals surface area contributed by atoms with Crippen LogP contribution in [-0.4, -0.2) is 51.9 Å². The largest absolute Gasteiger partial charge is 0.496 e. The van der Waals surface area contributed by atoms with E-state index in [-0.39, 0.29) is 23.3 Å². The van der Waals surface area contributed by atoms with Crippen molar-refractivity contribution in [3.8, 4) is 5.75 Å². The van der Waals surface area contributed by atoms with Gasteiger partial charge in [-0.3, -0.25) is 4.79 Å². The molecule has 1 unspecified atom stereocenters. The molecule has 0 radical (unpaired) electrons. The van der Waals surface area contributed by atoms with Crippen LogP contribution in [0.2, 0.25) is 0 Å². The highest BCUT2D eigenvalue weighted by Gasteiger charge is 2.33. The van der Waals surface area contributed by atoms with Crippen molar-refractivity contribution in [2.75, 3.05) is 33.3 Å². The third-order valence-corrected chi connectivity index (χ3v) is 6.32. The molecule has 0 bridgehead atoms. The normalized spacial score (nSPS) is 18.8. The highest BCUT2D eigenvalue weighted by atomic mass is 32.2. The Bertz CT molecular complexity index is 710. The van der Waals surface area contributed by atoms with Gasteiger partial charge in [-0.15, -0.1) is 0 Å². The van der Waals surface area contributed by atoms with Crippen molar-refractivity contribution in [3.05, 3.63) is 23.3 Å². The Labute approximate surface area is 149 Å². The number of nitrogens with zero attached hydrogens (tertiary/aromatic N) is 1. The molecule has 0 spiro atoms. The Morgan fingerprint density at radius 3 is 2.56 bits per heavy atom. The summed E-state index contributed by atoms with van der Waals surface area (Å²) in [5, 5.41) is 2.75. The molecule has 0 saturated carbocycles. The second-order valence-corrected chi connectivity index (χ2v) is 8.31. The number of nitrogens with one attached hydrogen (secondary N) is 1. The molecule has 2 rings (SSSR count). The molecule has 0 aromatic heterocycles. The summed E-state index contributed by atoms with van der Waals surface area (Å²) in [5.74, 6) is 0.222. The summed E-state index contributed by atoms with van der Waals surface area (Å²) in [4.78, 5) is 12.4. The van der Waals surface area contributed by atoms with Gasteiger partial charge in [-0.1, -0.05) is 0 Å². The number of piperidine rings is 1. The first kappa shape index (κ1) is 19.7. The number of nitrogens with two attached hydrogens (primary N) is 1. The van der Waals surface area contributed by atoms with Gasteiger partial charge in [-0.05, 0) is 49.9 Å². The zero-order valence-electron chi connectivity index (χ0n) is 15.0. The average molecular weight is 369 g/mol. The molecular weight excluding hydrogens is 342 g/mol. The fourth-order valence-corrected chi connectivity index (χ4v) is 4.94. The molecule has 8 heteroatoms. The molecule has 3 N–H and O–H groups in total. The van der Waals surface area contributed by atoms with Gasteiger partial charge >= 0.3 is 0 Å². The third-order valence-electron chi connectivity index (χ3n) is 4.47. The third kappa shape index (κ3) is 4.31. The molecule has 140 valence electrons. The van der Waals surface area contributed by atoms with Crippen LogP contribution < -0.4 is 15.8 Å². The standard InChI is InChI=1S/C17H27N3O4S/c1-12-9-15(10-13(2)16(12)24-3)25(22,23)20-8-4-5-14(11-20)17(21)19-7-6-18/h9-10,14H,4-8,11,18H2,1-3H3,(H,19,21). The maximum absolute atomic E-state index is 13.0. The van der Waals surface area contributed by atoms with Crippen LogP contribution in [0.1, 0.15) is 24.0 Å². The molecule has 25 heavy (non-hydrogen) atoms. The second kappa shape index (κ2) is 8.16. The number of aryl methyl sites for hydroxylation is 2. The minimum atomic E-state index is -3.65. The number of methoxy groups -OCH3 is 1. The molecule has 1 saturated heterocycles. The molecule has 1 aliphatic rings. The van der Waals surface area contributed by atoms with E-state index < -0.39 is 10.0 Å². The number of carbonyl (C=O) groups excluding carboxylic acids is 1. The molecule has 1 aromatic carbocycles. The number of rotatable bonds is 6. The van der Waals surface area contributed by atoms with E-state index in [1.165, 1.54) is 4.31 Å². The van der Waals surface area contributed by atoms with Crippen molar-refractivity contribution >= 4 is 15.9 Å². The fraction of sp³-hybridized carbons (Fsp3) is 0.588. The average Bonchev–Trinajstić information content (AvgIpc) is 2.59. The molecule has 1 aromatic rings.